The molecule has 1 aliphatic rings. The smallest absolute Gasteiger partial charge is 0.0972 e. The van der Waals surface area contributed by atoms with Crippen molar-refractivity contribution in [2.24, 2.45) is 0 Å². The minimum absolute atomic E-state index is 0.457. The van der Waals surface area contributed by atoms with Crippen molar-refractivity contribution >= 4 is 33.6 Å². The second kappa shape index (κ2) is 12.5. The normalized spacial score (nSPS) is 13.1. The Hall–Kier alpha value is -6.29. The van der Waals surface area contributed by atoms with Crippen LogP contribution in [0.2, 0.25) is 0 Å². The van der Waals surface area contributed by atoms with Gasteiger partial charge in [-0.1, -0.05) is 176 Å². The predicted molar refractivity (Wildman–Crippen MR) is 216 cm³/mol. The van der Waals surface area contributed by atoms with Gasteiger partial charge in [0.15, 0.2) is 0 Å². The molecule has 0 unspecified atom stereocenters. The Morgan fingerprint density at radius 1 is 0.346 bits per heavy atom. The van der Waals surface area contributed by atoms with E-state index in [2.05, 4.69) is 188 Å². The van der Waals surface area contributed by atoms with Crippen molar-refractivity contribution < 1.29 is 0 Å². The Balaban J connectivity index is 1.08. The van der Waals surface area contributed by atoms with Crippen LogP contribution in [0.15, 0.2) is 204 Å². The summed E-state index contributed by atoms with van der Waals surface area (Å²) in [6.45, 7) is 0. The van der Waals surface area contributed by atoms with Gasteiger partial charge in [0.25, 0.3) is 0 Å². The molecule has 0 radical (unpaired) electrons. The third-order valence-electron chi connectivity index (χ3n) is 10.4. The lowest BCUT2D eigenvalue weighted by molar-refractivity contribution is 0.703. The number of aromatic nitrogens is 2. The molecule has 10 rings (SSSR count). The SMILES string of the molecule is c1ccc(-c2ccc3ccc4ccc(-c5ccc(-c6ccc7c(c6)C(c6ccccc6)(c6ccccc6)c6ccccc6S7)cc5)nc4c3n2)cc1. The second-order valence-electron chi connectivity index (χ2n) is 13.3. The molecule has 0 spiro atoms. The highest BCUT2D eigenvalue weighted by Crippen LogP contribution is 2.56. The van der Waals surface area contributed by atoms with Crippen LogP contribution in [0, 0.1) is 0 Å². The maximum atomic E-state index is 5.21. The first-order valence-electron chi connectivity index (χ1n) is 17.7. The zero-order valence-electron chi connectivity index (χ0n) is 28.3. The van der Waals surface area contributed by atoms with E-state index in [0.717, 1.165) is 44.3 Å². The monoisotopic (exact) mass is 680 g/mol. The molecule has 2 nitrogen and oxygen atoms in total. The van der Waals surface area contributed by atoms with Crippen LogP contribution in [0.1, 0.15) is 22.3 Å². The fraction of sp³-hybridized carbons (Fsp3) is 0.0204. The van der Waals surface area contributed by atoms with Gasteiger partial charge in [0.2, 0.25) is 0 Å². The second-order valence-corrected chi connectivity index (χ2v) is 14.4. The average Bonchev–Trinajstić information content (AvgIpc) is 3.23. The van der Waals surface area contributed by atoms with Gasteiger partial charge in [-0.2, -0.15) is 0 Å². The van der Waals surface area contributed by atoms with E-state index < -0.39 is 5.41 Å². The van der Waals surface area contributed by atoms with Crippen molar-refractivity contribution in [2.75, 3.05) is 0 Å². The van der Waals surface area contributed by atoms with E-state index in [9.17, 15) is 0 Å². The lowest BCUT2D eigenvalue weighted by Gasteiger charge is -2.42. The summed E-state index contributed by atoms with van der Waals surface area (Å²) in [5, 5.41) is 2.17. The van der Waals surface area contributed by atoms with E-state index in [0.29, 0.717) is 0 Å². The van der Waals surface area contributed by atoms with E-state index in [1.165, 1.54) is 43.2 Å². The fourth-order valence-electron chi connectivity index (χ4n) is 7.92. The van der Waals surface area contributed by atoms with E-state index in [1.807, 2.05) is 17.8 Å². The van der Waals surface area contributed by atoms with Gasteiger partial charge in [-0.25, -0.2) is 9.97 Å². The quantitative estimate of drug-likeness (QED) is 0.169. The highest BCUT2D eigenvalue weighted by atomic mass is 32.2. The summed E-state index contributed by atoms with van der Waals surface area (Å²) in [4.78, 5) is 12.9. The zero-order chi connectivity index (χ0) is 34.5. The summed E-state index contributed by atoms with van der Waals surface area (Å²) in [6.07, 6.45) is 0. The van der Waals surface area contributed by atoms with E-state index in [4.69, 9.17) is 9.97 Å². The summed E-state index contributed by atoms with van der Waals surface area (Å²) in [5.41, 5.74) is 13.0. The van der Waals surface area contributed by atoms with E-state index >= 15 is 0 Å². The Bertz CT molecular complexity index is 2700. The molecule has 3 heterocycles. The zero-order valence-corrected chi connectivity index (χ0v) is 29.1. The molecule has 244 valence electrons. The maximum absolute atomic E-state index is 5.21. The number of rotatable bonds is 5. The van der Waals surface area contributed by atoms with E-state index in [1.54, 1.807) is 0 Å². The Kier molecular flexibility index (Phi) is 7.33. The average molecular weight is 681 g/mol. The molecule has 0 fully saturated rings. The van der Waals surface area contributed by atoms with Crippen molar-refractivity contribution in [2.45, 2.75) is 15.2 Å². The lowest BCUT2D eigenvalue weighted by Crippen LogP contribution is -2.34. The summed E-state index contributed by atoms with van der Waals surface area (Å²) < 4.78 is 0. The van der Waals surface area contributed by atoms with Crippen molar-refractivity contribution in [3.05, 3.63) is 216 Å². The van der Waals surface area contributed by atoms with Crippen LogP contribution < -0.4 is 0 Å². The minimum atomic E-state index is -0.457. The Morgan fingerprint density at radius 2 is 0.808 bits per heavy atom. The van der Waals surface area contributed by atoms with Gasteiger partial charge in [-0.15, -0.1) is 0 Å². The molecule has 52 heavy (non-hydrogen) atoms. The van der Waals surface area contributed by atoms with Crippen LogP contribution in [0.3, 0.4) is 0 Å². The fourth-order valence-corrected chi connectivity index (χ4v) is 9.09. The topological polar surface area (TPSA) is 25.8 Å². The van der Waals surface area contributed by atoms with Gasteiger partial charge in [0.1, 0.15) is 0 Å². The summed E-state index contributed by atoms with van der Waals surface area (Å²) in [5.74, 6) is 0. The molecule has 0 N–H and O–H groups in total. The molecule has 0 saturated carbocycles. The van der Waals surface area contributed by atoms with Gasteiger partial charge < -0.3 is 0 Å². The van der Waals surface area contributed by atoms with Crippen molar-refractivity contribution in [1.82, 2.24) is 9.97 Å². The van der Waals surface area contributed by atoms with Crippen molar-refractivity contribution in [3.8, 4) is 33.6 Å². The number of pyridine rings is 2. The van der Waals surface area contributed by atoms with Crippen LogP contribution in [-0.2, 0) is 5.41 Å². The number of fused-ring (bicyclic) bond motifs is 5. The van der Waals surface area contributed by atoms with Crippen LogP contribution >= 0.6 is 11.8 Å². The number of nitrogens with zero attached hydrogens (tertiary/aromatic N) is 2. The molecule has 0 bridgehead atoms. The van der Waals surface area contributed by atoms with Crippen molar-refractivity contribution in [3.63, 3.8) is 0 Å². The van der Waals surface area contributed by atoms with Crippen molar-refractivity contribution in [1.29, 1.82) is 0 Å². The molecular formula is C49H32N2S. The molecule has 0 aliphatic carbocycles. The number of hydrogen-bond acceptors (Lipinski definition) is 3. The Morgan fingerprint density at radius 3 is 1.42 bits per heavy atom. The van der Waals surface area contributed by atoms with Gasteiger partial charge in [0.05, 0.1) is 27.8 Å². The minimum Gasteiger partial charge on any atom is -0.245 e. The first-order valence-corrected chi connectivity index (χ1v) is 18.5. The third-order valence-corrected chi connectivity index (χ3v) is 11.6. The number of benzene rings is 7. The molecule has 7 aromatic carbocycles. The lowest BCUT2D eigenvalue weighted by atomic mass is 9.64. The largest absolute Gasteiger partial charge is 0.245 e. The van der Waals surface area contributed by atoms with E-state index in [-0.39, 0.29) is 0 Å². The molecule has 1 aliphatic heterocycles. The molecule has 0 atom stereocenters. The summed E-state index contributed by atoms with van der Waals surface area (Å²) >= 11 is 1.87. The molecule has 0 amide bonds. The van der Waals surface area contributed by atoms with Gasteiger partial charge in [-0.05, 0) is 63.7 Å². The summed E-state index contributed by atoms with van der Waals surface area (Å²) in [6, 6.07) is 69.9. The standard InChI is InChI=1S/C49H32N2S/c1-4-12-34(13-5-1)43-29-26-36-24-25-37-27-30-44(51-48(37)47(36)50-43)35-22-20-33(21-23-35)38-28-31-46-42(32-38)49(39-14-6-2-7-15-39,40-16-8-3-9-17-40)41-18-10-11-19-45(41)52-46/h1-32H. The highest BCUT2D eigenvalue weighted by molar-refractivity contribution is 7.99. The molecule has 9 aromatic rings. The first-order chi connectivity index (χ1) is 25.8. The van der Waals surface area contributed by atoms with Gasteiger partial charge >= 0.3 is 0 Å². The molecule has 3 heteroatoms. The van der Waals surface area contributed by atoms with Gasteiger partial charge in [-0.3, -0.25) is 0 Å². The van der Waals surface area contributed by atoms with Crippen LogP contribution in [0.5, 0.6) is 0 Å². The maximum Gasteiger partial charge on any atom is 0.0972 e. The van der Waals surface area contributed by atoms with Crippen LogP contribution in [0.4, 0.5) is 0 Å². The summed E-state index contributed by atoms with van der Waals surface area (Å²) in [7, 11) is 0. The molecule has 0 saturated heterocycles. The Labute approximate surface area is 307 Å². The third kappa shape index (κ3) is 4.97. The first kappa shape index (κ1) is 30.5. The number of hydrogen-bond donors (Lipinski definition) is 0. The van der Waals surface area contributed by atoms with Gasteiger partial charge in [0, 0.05) is 31.7 Å². The molecular weight excluding hydrogens is 649 g/mol. The highest BCUT2D eigenvalue weighted by Gasteiger charge is 2.44. The molecule has 2 aromatic heterocycles. The predicted octanol–water partition coefficient (Wildman–Crippen LogP) is 12.6. The van der Waals surface area contributed by atoms with Crippen LogP contribution in [-0.4, -0.2) is 9.97 Å². The van der Waals surface area contributed by atoms with Crippen LogP contribution in [0.25, 0.3) is 55.4 Å².